The first-order valence-electron chi connectivity index (χ1n) is 5.60. The number of thiophene rings is 1. The number of nitrogens with one attached hydrogen (secondary N) is 1. The molecule has 0 bridgehead atoms. The molecule has 0 spiro atoms. The van der Waals surface area contributed by atoms with Gasteiger partial charge < -0.3 is 16.3 Å². The van der Waals surface area contributed by atoms with E-state index in [1.165, 1.54) is 11.3 Å². The molecule has 2 rings (SSSR count). The van der Waals surface area contributed by atoms with Crippen molar-refractivity contribution < 1.29 is 10.0 Å². The monoisotopic (exact) mass is 275 g/mol. The number of para-hydroxylation sites is 1. The molecule has 0 radical (unpaired) electrons. The summed E-state index contributed by atoms with van der Waals surface area (Å²) in [5, 5.41) is 16.3. The van der Waals surface area contributed by atoms with Crippen LogP contribution in [0.2, 0.25) is 0 Å². The van der Waals surface area contributed by atoms with Crippen LogP contribution < -0.4 is 11.1 Å². The Kier molecular flexibility index (Phi) is 4.15. The van der Waals surface area contributed by atoms with Crippen molar-refractivity contribution in [2.45, 2.75) is 6.42 Å². The zero-order valence-corrected chi connectivity index (χ0v) is 10.9. The van der Waals surface area contributed by atoms with Gasteiger partial charge in [0.25, 0.3) is 0 Å². The number of anilines is 1. The topological polar surface area (TPSA) is 87.7 Å². The molecule has 0 aliphatic rings. The highest BCUT2D eigenvalue weighted by Gasteiger charge is 2.10. The average molecular weight is 275 g/mol. The Balaban J connectivity index is 2.13. The molecule has 1 amide bonds. The number of oxime groups is 1. The summed E-state index contributed by atoms with van der Waals surface area (Å²) in [6.45, 7) is 0. The average Bonchev–Trinajstić information content (AvgIpc) is 2.91. The van der Waals surface area contributed by atoms with Gasteiger partial charge in [-0.3, -0.25) is 4.79 Å². The second-order valence-electron chi connectivity index (χ2n) is 3.84. The smallest absolute Gasteiger partial charge is 0.229 e. The summed E-state index contributed by atoms with van der Waals surface area (Å²) in [5.74, 6) is -0.173. The van der Waals surface area contributed by atoms with Crippen molar-refractivity contribution >= 4 is 28.8 Å². The summed E-state index contributed by atoms with van der Waals surface area (Å²) in [5.41, 5.74) is 6.58. The molecule has 0 atom stereocenters. The summed E-state index contributed by atoms with van der Waals surface area (Å²) in [6.07, 6.45) is 0.308. The first-order chi connectivity index (χ1) is 9.20. The third-order valence-corrected chi connectivity index (χ3v) is 3.38. The lowest BCUT2D eigenvalue weighted by Gasteiger charge is -2.09. The maximum absolute atomic E-state index is 11.9. The molecule has 2 aromatic rings. The normalized spacial score (nSPS) is 11.3. The molecule has 1 heterocycles. The Morgan fingerprint density at radius 1 is 1.32 bits per heavy atom. The lowest BCUT2D eigenvalue weighted by Crippen LogP contribution is -2.19. The van der Waals surface area contributed by atoms with Gasteiger partial charge in [-0.1, -0.05) is 23.4 Å². The molecule has 6 heteroatoms. The highest BCUT2D eigenvalue weighted by molar-refractivity contribution is 7.10. The zero-order chi connectivity index (χ0) is 13.7. The van der Waals surface area contributed by atoms with Crippen LogP contribution in [0.15, 0.2) is 46.9 Å². The number of nitrogens with two attached hydrogens (primary N) is 1. The van der Waals surface area contributed by atoms with Gasteiger partial charge in [-0.05, 0) is 23.6 Å². The van der Waals surface area contributed by atoms with Gasteiger partial charge in [-0.15, -0.1) is 11.3 Å². The Morgan fingerprint density at radius 3 is 2.79 bits per heavy atom. The van der Waals surface area contributed by atoms with E-state index in [-0.39, 0.29) is 11.7 Å². The molecule has 4 N–H and O–H groups in total. The number of hydrogen-bond donors (Lipinski definition) is 3. The minimum Gasteiger partial charge on any atom is -0.409 e. The first kappa shape index (κ1) is 13.1. The fourth-order valence-corrected chi connectivity index (χ4v) is 2.34. The predicted molar refractivity (Wildman–Crippen MR) is 75.6 cm³/mol. The second-order valence-corrected chi connectivity index (χ2v) is 4.87. The van der Waals surface area contributed by atoms with Gasteiger partial charge in [0.2, 0.25) is 5.91 Å². The molecule has 0 saturated carbocycles. The Labute approximate surface area is 114 Å². The van der Waals surface area contributed by atoms with E-state index in [4.69, 9.17) is 10.9 Å². The van der Waals surface area contributed by atoms with Crippen molar-refractivity contribution in [1.82, 2.24) is 0 Å². The van der Waals surface area contributed by atoms with Crippen molar-refractivity contribution in [1.29, 1.82) is 0 Å². The summed E-state index contributed by atoms with van der Waals surface area (Å²) in [7, 11) is 0. The molecule has 98 valence electrons. The number of amides is 1. The van der Waals surface area contributed by atoms with Gasteiger partial charge in [-0.2, -0.15) is 0 Å². The Hall–Kier alpha value is -2.34. The lowest BCUT2D eigenvalue weighted by molar-refractivity contribution is -0.115. The molecule has 0 fully saturated rings. The number of amidine groups is 1. The Bertz CT molecular complexity index is 594. The van der Waals surface area contributed by atoms with E-state index in [1.54, 1.807) is 24.3 Å². The summed E-state index contributed by atoms with van der Waals surface area (Å²) in [6, 6.07) is 10.7. The maximum atomic E-state index is 11.9. The number of carbonyl (C=O) groups excluding carboxylic acids is 1. The Morgan fingerprint density at radius 2 is 2.11 bits per heavy atom. The minimum atomic E-state index is -0.138. The van der Waals surface area contributed by atoms with E-state index >= 15 is 0 Å². The van der Waals surface area contributed by atoms with Crippen LogP contribution in [-0.2, 0) is 11.2 Å². The fraction of sp³-hybridized carbons (Fsp3) is 0.0769. The highest BCUT2D eigenvalue weighted by Crippen LogP contribution is 2.16. The van der Waals surface area contributed by atoms with E-state index in [1.807, 2.05) is 17.5 Å². The van der Waals surface area contributed by atoms with Crippen LogP contribution in [0.3, 0.4) is 0 Å². The number of nitrogens with zero attached hydrogens (tertiary/aromatic N) is 1. The molecular formula is C13H13N3O2S. The van der Waals surface area contributed by atoms with Gasteiger partial charge in [-0.25, -0.2) is 0 Å². The number of benzene rings is 1. The van der Waals surface area contributed by atoms with E-state index in [0.29, 0.717) is 17.7 Å². The molecule has 19 heavy (non-hydrogen) atoms. The third kappa shape index (κ3) is 3.32. The largest absolute Gasteiger partial charge is 0.409 e. The summed E-state index contributed by atoms with van der Waals surface area (Å²) in [4.78, 5) is 12.9. The van der Waals surface area contributed by atoms with Gasteiger partial charge in [0.05, 0.1) is 12.1 Å². The van der Waals surface area contributed by atoms with Crippen molar-refractivity contribution in [2.24, 2.45) is 10.9 Å². The SMILES string of the molecule is N/C(=N/O)c1ccccc1NC(=O)Cc1cccs1. The van der Waals surface area contributed by atoms with Crippen LogP contribution >= 0.6 is 11.3 Å². The molecule has 0 saturated heterocycles. The number of rotatable bonds is 4. The summed E-state index contributed by atoms with van der Waals surface area (Å²) >= 11 is 1.53. The molecule has 0 aliphatic carbocycles. The fourth-order valence-electron chi connectivity index (χ4n) is 1.64. The van der Waals surface area contributed by atoms with Crippen LogP contribution in [0, 0.1) is 0 Å². The lowest BCUT2D eigenvalue weighted by atomic mass is 10.1. The first-order valence-corrected chi connectivity index (χ1v) is 6.48. The molecular weight excluding hydrogens is 262 g/mol. The summed E-state index contributed by atoms with van der Waals surface area (Å²) < 4.78 is 0. The standard InChI is InChI=1S/C13H13N3O2S/c14-13(16-18)10-5-1-2-6-11(10)15-12(17)8-9-4-3-7-19-9/h1-7,18H,8H2,(H2,14,16)(H,15,17). The van der Waals surface area contributed by atoms with E-state index in [0.717, 1.165) is 4.88 Å². The molecule has 0 aliphatic heterocycles. The van der Waals surface area contributed by atoms with Crippen molar-refractivity contribution in [2.75, 3.05) is 5.32 Å². The zero-order valence-electron chi connectivity index (χ0n) is 10.0. The minimum absolute atomic E-state index is 0.0352. The van der Waals surface area contributed by atoms with Crippen LogP contribution in [0.1, 0.15) is 10.4 Å². The van der Waals surface area contributed by atoms with Gasteiger partial charge in [0.15, 0.2) is 5.84 Å². The molecule has 1 aromatic carbocycles. The predicted octanol–water partition coefficient (Wildman–Crippen LogP) is 2.02. The van der Waals surface area contributed by atoms with Crippen LogP contribution in [0.25, 0.3) is 0 Å². The molecule has 1 aromatic heterocycles. The van der Waals surface area contributed by atoms with Crippen molar-refractivity contribution in [3.05, 3.63) is 52.2 Å². The maximum Gasteiger partial charge on any atom is 0.229 e. The third-order valence-electron chi connectivity index (χ3n) is 2.50. The van der Waals surface area contributed by atoms with E-state index < -0.39 is 0 Å². The second kappa shape index (κ2) is 6.01. The van der Waals surface area contributed by atoms with Crippen LogP contribution in [0.4, 0.5) is 5.69 Å². The van der Waals surface area contributed by atoms with Crippen molar-refractivity contribution in [3.63, 3.8) is 0 Å². The van der Waals surface area contributed by atoms with Gasteiger partial charge in [0.1, 0.15) is 0 Å². The van der Waals surface area contributed by atoms with Gasteiger partial charge in [0, 0.05) is 10.4 Å². The van der Waals surface area contributed by atoms with Crippen LogP contribution in [-0.4, -0.2) is 17.0 Å². The van der Waals surface area contributed by atoms with Gasteiger partial charge >= 0.3 is 0 Å². The van der Waals surface area contributed by atoms with E-state index in [9.17, 15) is 4.79 Å². The van der Waals surface area contributed by atoms with E-state index in [2.05, 4.69) is 10.5 Å². The number of hydrogen-bond acceptors (Lipinski definition) is 4. The molecule has 0 unspecified atom stereocenters. The molecule has 5 nitrogen and oxygen atoms in total. The number of carbonyl (C=O) groups is 1. The van der Waals surface area contributed by atoms with Crippen LogP contribution in [0.5, 0.6) is 0 Å². The van der Waals surface area contributed by atoms with Crippen molar-refractivity contribution in [3.8, 4) is 0 Å². The highest BCUT2D eigenvalue weighted by atomic mass is 32.1. The quantitative estimate of drug-likeness (QED) is 0.345.